The Bertz CT molecular complexity index is 881. The van der Waals surface area contributed by atoms with Crippen LogP contribution in [0.25, 0.3) is 0 Å². The van der Waals surface area contributed by atoms with E-state index in [1.807, 2.05) is 12.1 Å². The van der Waals surface area contributed by atoms with E-state index in [1.165, 1.54) is 15.4 Å². The topological polar surface area (TPSA) is 66.5 Å². The second kappa shape index (κ2) is 8.67. The van der Waals surface area contributed by atoms with Crippen molar-refractivity contribution in [3.05, 3.63) is 65.7 Å². The van der Waals surface area contributed by atoms with Crippen molar-refractivity contribution >= 4 is 15.9 Å². The number of nitrogens with zero attached hydrogens (tertiary/aromatic N) is 1. The highest BCUT2D eigenvalue weighted by Crippen LogP contribution is 2.29. The molecule has 1 amide bonds. The zero-order valence-corrected chi connectivity index (χ0v) is 16.4. The normalized spacial score (nSPS) is 16.7. The van der Waals surface area contributed by atoms with Crippen molar-refractivity contribution in [1.29, 1.82) is 0 Å². The molecule has 2 aromatic carbocycles. The van der Waals surface area contributed by atoms with Gasteiger partial charge in [0.1, 0.15) is 0 Å². The zero-order valence-electron chi connectivity index (χ0n) is 15.6. The number of sulfonamides is 1. The molecule has 0 saturated heterocycles. The predicted molar refractivity (Wildman–Crippen MR) is 106 cm³/mol. The summed E-state index contributed by atoms with van der Waals surface area (Å²) in [5.41, 5.74) is 2.52. The van der Waals surface area contributed by atoms with E-state index in [-0.39, 0.29) is 16.8 Å². The molecule has 1 aliphatic carbocycles. The molecule has 2 aromatic rings. The SMILES string of the molecule is CN(CCCC(=O)N[C@H]1CCCc2ccccc21)S(=O)(=O)c1ccccc1. The Morgan fingerprint density at radius 1 is 1.11 bits per heavy atom. The molecule has 0 saturated carbocycles. The van der Waals surface area contributed by atoms with E-state index in [2.05, 4.69) is 17.4 Å². The molecule has 0 aromatic heterocycles. The molecule has 0 fully saturated rings. The average molecular weight is 387 g/mol. The first-order valence-electron chi connectivity index (χ1n) is 9.37. The summed E-state index contributed by atoms with van der Waals surface area (Å²) in [4.78, 5) is 12.6. The number of benzene rings is 2. The van der Waals surface area contributed by atoms with Crippen LogP contribution in [0.15, 0.2) is 59.5 Å². The van der Waals surface area contributed by atoms with Crippen LogP contribution in [-0.2, 0) is 21.2 Å². The minimum absolute atomic E-state index is 0.0257. The summed E-state index contributed by atoms with van der Waals surface area (Å²) >= 11 is 0. The number of hydrogen-bond donors (Lipinski definition) is 1. The Morgan fingerprint density at radius 3 is 2.59 bits per heavy atom. The van der Waals surface area contributed by atoms with Crippen LogP contribution in [0.1, 0.15) is 42.9 Å². The van der Waals surface area contributed by atoms with Gasteiger partial charge in [-0.05, 0) is 48.9 Å². The van der Waals surface area contributed by atoms with Crippen LogP contribution in [0.2, 0.25) is 0 Å². The van der Waals surface area contributed by atoms with Gasteiger partial charge in [-0.25, -0.2) is 12.7 Å². The van der Waals surface area contributed by atoms with Crippen LogP contribution >= 0.6 is 0 Å². The van der Waals surface area contributed by atoms with Crippen molar-refractivity contribution in [3.63, 3.8) is 0 Å². The summed E-state index contributed by atoms with van der Waals surface area (Å²) in [6.45, 7) is 0.311. The van der Waals surface area contributed by atoms with Gasteiger partial charge < -0.3 is 5.32 Å². The summed E-state index contributed by atoms with van der Waals surface area (Å²) in [7, 11) is -1.95. The lowest BCUT2D eigenvalue weighted by Gasteiger charge is -2.26. The standard InChI is InChI=1S/C21H26N2O3S/c1-23(27(25,26)18-11-3-2-4-12-18)16-8-15-21(24)22-20-14-7-10-17-9-5-6-13-19(17)20/h2-6,9,11-13,20H,7-8,10,14-16H2,1H3,(H,22,24)/t20-/m0/s1. The number of hydrogen-bond acceptors (Lipinski definition) is 3. The quantitative estimate of drug-likeness (QED) is 0.794. The van der Waals surface area contributed by atoms with Crippen molar-refractivity contribution in [2.24, 2.45) is 0 Å². The number of rotatable bonds is 7. The molecular formula is C21H26N2O3S. The maximum absolute atomic E-state index is 12.5. The van der Waals surface area contributed by atoms with E-state index in [9.17, 15) is 13.2 Å². The molecule has 0 spiro atoms. The highest BCUT2D eigenvalue weighted by Gasteiger charge is 2.22. The lowest BCUT2D eigenvalue weighted by atomic mass is 9.87. The largest absolute Gasteiger partial charge is 0.349 e. The molecule has 1 aliphatic rings. The highest BCUT2D eigenvalue weighted by atomic mass is 32.2. The number of carbonyl (C=O) groups is 1. The molecule has 5 nitrogen and oxygen atoms in total. The number of amides is 1. The Morgan fingerprint density at radius 2 is 1.81 bits per heavy atom. The van der Waals surface area contributed by atoms with Gasteiger partial charge in [-0.3, -0.25) is 4.79 Å². The molecule has 3 rings (SSSR count). The van der Waals surface area contributed by atoms with E-state index >= 15 is 0 Å². The smallest absolute Gasteiger partial charge is 0.242 e. The van der Waals surface area contributed by atoms with Crippen molar-refractivity contribution in [3.8, 4) is 0 Å². The Kier molecular flexibility index (Phi) is 6.29. The summed E-state index contributed by atoms with van der Waals surface area (Å²) < 4.78 is 26.3. The van der Waals surface area contributed by atoms with Crippen molar-refractivity contribution in [2.75, 3.05) is 13.6 Å². The van der Waals surface area contributed by atoms with E-state index in [0.29, 0.717) is 19.4 Å². The van der Waals surface area contributed by atoms with Crippen LogP contribution in [0.4, 0.5) is 0 Å². The number of nitrogens with one attached hydrogen (secondary N) is 1. The summed E-state index contributed by atoms with van der Waals surface area (Å²) in [5.74, 6) is -0.0257. The van der Waals surface area contributed by atoms with Crippen LogP contribution in [-0.4, -0.2) is 32.2 Å². The maximum Gasteiger partial charge on any atom is 0.242 e. The third kappa shape index (κ3) is 4.76. The lowest BCUT2D eigenvalue weighted by Crippen LogP contribution is -2.32. The third-order valence-electron chi connectivity index (χ3n) is 5.03. The Labute approximate surface area is 161 Å². The fourth-order valence-electron chi connectivity index (χ4n) is 3.53. The fourth-order valence-corrected chi connectivity index (χ4v) is 4.76. The first kappa shape index (κ1) is 19.6. The van der Waals surface area contributed by atoms with E-state index in [1.54, 1.807) is 37.4 Å². The van der Waals surface area contributed by atoms with Crippen LogP contribution in [0.3, 0.4) is 0 Å². The van der Waals surface area contributed by atoms with E-state index < -0.39 is 10.0 Å². The molecular weight excluding hydrogens is 360 g/mol. The molecule has 6 heteroatoms. The average Bonchev–Trinajstić information content (AvgIpc) is 2.69. The van der Waals surface area contributed by atoms with Gasteiger partial charge in [-0.2, -0.15) is 0 Å². The van der Waals surface area contributed by atoms with Crippen LogP contribution in [0.5, 0.6) is 0 Å². The second-order valence-electron chi connectivity index (χ2n) is 6.95. The van der Waals surface area contributed by atoms with E-state index in [4.69, 9.17) is 0 Å². The molecule has 0 bridgehead atoms. The van der Waals surface area contributed by atoms with Gasteiger partial charge in [0.2, 0.25) is 15.9 Å². The molecule has 0 radical (unpaired) electrons. The predicted octanol–water partition coefficient (Wildman–Crippen LogP) is 3.28. The molecule has 0 heterocycles. The van der Waals surface area contributed by atoms with Gasteiger partial charge in [0.05, 0.1) is 10.9 Å². The molecule has 27 heavy (non-hydrogen) atoms. The summed E-state index contributed by atoms with van der Waals surface area (Å²) in [5, 5.41) is 3.11. The molecule has 0 aliphatic heterocycles. The van der Waals surface area contributed by atoms with Gasteiger partial charge >= 0.3 is 0 Å². The minimum atomic E-state index is -3.50. The zero-order chi connectivity index (χ0) is 19.3. The van der Waals surface area contributed by atoms with Gasteiger partial charge in [-0.1, -0.05) is 42.5 Å². The van der Waals surface area contributed by atoms with Crippen molar-refractivity contribution in [2.45, 2.75) is 43.0 Å². The maximum atomic E-state index is 12.5. The fraction of sp³-hybridized carbons (Fsp3) is 0.381. The molecule has 0 unspecified atom stereocenters. The van der Waals surface area contributed by atoms with Gasteiger partial charge in [0, 0.05) is 20.0 Å². The van der Waals surface area contributed by atoms with Gasteiger partial charge in [0.25, 0.3) is 0 Å². The third-order valence-corrected chi connectivity index (χ3v) is 6.90. The van der Waals surface area contributed by atoms with Gasteiger partial charge in [0.15, 0.2) is 0 Å². The Balaban J connectivity index is 1.50. The van der Waals surface area contributed by atoms with Gasteiger partial charge in [-0.15, -0.1) is 0 Å². The summed E-state index contributed by atoms with van der Waals surface area (Å²) in [6, 6.07) is 16.7. The van der Waals surface area contributed by atoms with Crippen molar-refractivity contribution in [1.82, 2.24) is 9.62 Å². The van der Waals surface area contributed by atoms with Crippen LogP contribution in [0, 0.1) is 0 Å². The lowest BCUT2D eigenvalue weighted by molar-refractivity contribution is -0.122. The number of fused-ring (bicyclic) bond motifs is 1. The first-order chi connectivity index (χ1) is 13.0. The summed E-state index contributed by atoms with van der Waals surface area (Å²) in [6.07, 6.45) is 3.88. The highest BCUT2D eigenvalue weighted by molar-refractivity contribution is 7.89. The monoisotopic (exact) mass is 386 g/mol. The van der Waals surface area contributed by atoms with E-state index in [0.717, 1.165) is 19.3 Å². The first-order valence-corrected chi connectivity index (χ1v) is 10.8. The minimum Gasteiger partial charge on any atom is -0.349 e. The Hall–Kier alpha value is -2.18. The number of carbonyl (C=O) groups excluding carboxylic acids is 1. The molecule has 1 N–H and O–H groups in total. The number of aryl methyl sites for hydroxylation is 1. The second-order valence-corrected chi connectivity index (χ2v) is 9.00. The molecule has 144 valence electrons. The van der Waals surface area contributed by atoms with Crippen molar-refractivity contribution < 1.29 is 13.2 Å². The molecule has 1 atom stereocenters. The van der Waals surface area contributed by atoms with Crippen LogP contribution < -0.4 is 5.32 Å².